The van der Waals surface area contributed by atoms with E-state index in [9.17, 15) is 57.5 Å². The van der Waals surface area contributed by atoms with Gasteiger partial charge in [0, 0.05) is 11.5 Å². The van der Waals surface area contributed by atoms with E-state index in [0.29, 0.717) is 0 Å². The molecule has 0 unspecified atom stereocenters. The van der Waals surface area contributed by atoms with Crippen molar-refractivity contribution < 1.29 is 62.6 Å². The van der Waals surface area contributed by atoms with Gasteiger partial charge in [0.05, 0.1) is 0 Å². The molecule has 0 aliphatic rings. The molecule has 24 heavy (non-hydrogen) atoms. The topological polar surface area (TPSA) is 37.3 Å². The number of carboxylic acids is 1. The molecule has 0 bridgehead atoms. The third-order valence-electron chi connectivity index (χ3n) is 2.81. The second-order valence-electron chi connectivity index (χ2n) is 4.48. The highest BCUT2D eigenvalue weighted by atomic mass is 19.4. The van der Waals surface area contributed by atoms with Gasteiger partial charge >= 0.3 is 30.7 Å². The van der Waals surface area contributed by atoms with Crippen LogP contribution in [0.25, 0.3) is 0 Å². The predicted octanol–water partition coefficient (Wildman–Crippen LogP) is 4.73. The fourth-order valence-electron chi connectivity index (χ4n) is 1.92. The molecule has 0 rings (SSSR count). The minimum Gasteiger partial charge on any atom is -0.478 e. The summed E-state index contributed by atoms with van der Waals surface area (Å²) in [6.45, 7) is 2.05. The zero-order valence-corrected chi connectivity index (χ0v) is 10.8. The summed E-state index contributed by atoms with van der Waals surface area (Å²) in [5.74, 6) is -17.9. The highest BCUT2D eigenvalue weighted by molar-refractivity contribution is 5.86. The molecule has 0 spiro atoms. The Kier molecular flexibility index (Phi) is 5.92. The van der Waals surface area contributed by atoms with Gasteiger partial charge in [-0.15, -0.1) is 0 Å². The second-order valence-corrected chi connectivity index (χ2v) is 4.48. The molecule has 0 saturated heterocycles. The van der Waals surface area contributed by atoms with Gasteiger partial charge in [0.2, 0.25) is 0 Å². The van der Waals surface area contributed by atoms with Crippen LogP contribution in [0.3, 0.4) is 0 Å². The van der Waals surface area contributed by atoms with Crippen LogP contribution >= 0.6 is 0 Å². The van der Waals surface area contributed by atoms with Crippen LogP contribution in [0.15, 0.2) is 12.2 Å². The smallest absolute Gasteiger partial charge is 0.401 e. The molecule has 0 aromatic heterocycles. The molecule has 14 heteroatoms. The first kappa shape index (κ1) is 22.4. The van der Waals surface area contributed by atoms with Crippen LogP contribution in [-0.4, -0.2) is 35.8 Å². The molecule has 0 radical (unpaired) electrons. The van der Waals surface area contributed by atoms with Crippen LogP contribution in [0.2, 0.25) is 0 Å². The molecule has 1 N–H and O–H groups in total. The Bertz CT molecular complexity index is 420. The van der Waals surface area contributed by atoms with Crippen molar-refractivity contribution in [3.8, 4) is 0 Å². The number of hydrogen-bond donors (Lipinski definition) is 1. The van der Waals surface area contributed by atoms with Crippen molar-refractivity contribution in [1.29, 1.82) is 0 Å². The molecule has 0 atom stereocenters. The summed E-state index contributed by atoms with van der Waals surface area (Å²) >= 11 is 0. The van der Waals surface area contributed by atoms with Gasteiger partial charge in [-0.25, -0.2) is 4.79 Å². The van der Waals surface area contributed by atoms with E-state index < -0.39 is 54.0 Å². The normalized spacial score (nSPS) is 14.6. The van der Waals surface area contributed by atoms with E-state index in [1.165, 1.54) is 0 Å². The average Bonchev–Trinajstić information content (AvgIpc) is 2.18. The summed E-state index contributed by atoms with van der Waals surface area (Å²) in [7, 11) is 0. The maximum atomic E-state index is 12.5. The number of rotatable bonds is 4. The third kappa shape index (κ3) is 5.19. The molecule has 0 saturated carbocycles. The van der Waals surface area contributed by atoms with E-state index >= 15 is 0 Å². The van der Waals surface area contributed by atoms with Gasteiger partial charge in [0.25, 0.3) is 0 Å². The van der Waals surface area contributed by atoms with E-state index in [4.69, 9.17) is 5.11 Å². The molecule has 0 aromatic rings. The number of aliphatic carboxylic acids is 1. The minimum atomic E-state index is -6.64. The lowest BCUT2D eigenvalue weighted by Gasteiger charge is -2.37. The number of hydrogen-bond acceptors (Lipinski definition) is 1. The lowest BCUT2D eigenvalue weighted by Crippen LogP contribution is -2.53. The van der Waals surface area contributed by atoms with E-state index in [2.05, 4.69) is 6.58 Å². The van der Waals surface area contributed by atoms with Gasteiger partial charge in [-0.3, -0.25) is 0 Å². The van der Waals surface area contributed by atoms with Crippen molar-refractivity contribution in [3.05, 3.63) is 12.2 Å². The molecule has 0 heterocycles. The molecular formula is C10H6F12O2. The predicted molar refractivity (Wildman–Crippen MR) is 51.5 cm³/mol. The lowest BCUT2D eigenvalue weighted by atomic mass is 9.75. The van der Waals surface area contributed by atoms with Crippen LogP contribution in [-0.2, 0) is 4.79 Å². The van der Waals surface area contributed by atoms with Crippen molar-refractivity contribution in [2.24, 2.45) is 17.8 Å². The Labute approximate surface area is 124 Å². The third-order valence-corrected chi connectivity index (χ3v) is 2.81. The Hall–Kier alpha value is -1.63. The summed E-state index contributed by atoms with van der Waals surface area (Å²) in [5, 5.41) is 8.34. The molecule has 0 fully saturated rings. The Morgan fingerprint density at radius 3 is 1.00 bits per heavy atom. The quantitative estimate of drug-likeness (QED) is 0.561. The Morgan fingerprint density at radius 1 is 0.667 bits per heavy atom. The zero-order valence-electron chi connectivity index (χ0n) is 10.8. The van der Waals surface area contributed by atoms with E-state index in [0.717, 1.165) is 0 Å². The molecule has 0 aliphatic heterocycles. The maximum absolute atomic E-state index is 12.5. The van der Waals surface area contributed by atoms with Crippen molar-refractivity contribution in [2.45, 2.75) is 24.7 Å². The lowest BCUT2D eigenvalue weighted by molar-refractivity contribution is -0.342. The van der Waals surface area contributed by atoms with Gasteiger partial charge in [0.1, 0.15) is 0 Å². The van der Waals surface area contributed by atoms with Crippen LogP contribution in [0.1, 0.15) is 0 Å². The first-order valence-corrected chi connectivity index (χ1v) is 5.41. The summed E-state index contributed by atoms with van der Waals surface area (Å²) in [6, 6.07) is 0. The number of alkyl halides is 12. The summed E-state index contributed by atoms with van der Waals surface area (Å²) < 4.78 is 150. The van der Waals surface area contributed by atoms with Crippen LogP contribution in [0.5, 0.6) is 0 Å². The molecule has 0 aliphatic carbocycles. The molecule has 0 amide bonds. The number of halogens is 12. The van der Waals surface area contributed by atoms with E-state index in [1.54, 1.807) is 0 Å². The maximum Gasteiger partial charge on any atom is 0.401 e. The minimum absolute atomic E-state index is 2.05. The number of carboxylic acid groups (broad SMARTS) is 1. The first-order chi connectivity index (χ1) is 10.2. The largest absolute Gasteiger partial charge is 0.478 e. The first-order valence-electron chi connectivity index (χ1n) is 5.41. The zero-order chi connectivity index (χ0) is 19.9. The molecular weight excluding hydrogens is 380 g/mol. The molecule has 2 nitrogen and oxygen atoms in total. The van der Waals surface area contributed by atoms with Crippen molar-refractivity contribution in [1.82, 2.24) is 0 Å². The fraction of sp³-hybridized carbons (Fsp3) is 0.700. The van der Waals surface area contributed by atoms with Gasteiger partial charge < -0.3 is 5.11 Å². The standard InChI is InChI=1S/C10H6F12O2/c1-2(6(23)24)3(4(7(11,12)13)8(14,15)16)5(9(17,18)19)10(20,21)22/h3-5H,1H2,(H,23,24). The highest BCUT2D eigenvalue weighted by Gasteiger charge is 2.71. The van der Waals surface area contributed by atoms with Gasteiger partial charge in [0.15, 0.2) is 11.8 Å². The SMILES string of the molecule is C=C(C(=O)O)C(C(C(F)(F)F)C(F)(F)F)C(C(F)(F)F)C(F)(F)F. The Morgan fingerprint density at radius 2 is 0.875 bits per heavy atom. The summed E-state index contributed by atoms with van der Waals surface area (Å²) in [5.41, 5.74) is -2.52. The van der Waals surface area contributed by atoms with Gasteiger partial charge in [-0.1, -0.05) is 6.58 Å². The Balaban J connectivity index is 6.67. The average molecular weight is 386 g/mol. The van der Waals surface area contributed by atoms with E-state index in [-0.39, 0.29) is 0 Å². The monoisotopic (exact) mass is 386 g/mol. The van der Waals surface area contributed by atoms with Gasteiger partial charge in [-0.05, 0) is 0 Å². The van der Waals surface area contributed by atoms with Crippen molar-refractivity contribution in [3.63, 3.8) is 0 Å². The molecule has 142 valence electrons. The van der Waals surface area contributed by atoms with Crippen molar-refractivity contribution >= 4 is 5.97 Å². The van der Waals surface area contributed by atoms with Crippen LogP contribution in [0.4, 0.5) is 52.7 Å². The summed E-state index contributed by atoms with van der Waals surface area (Å²) in [4.78, 5) is 10.5. The highest BCUT2D eigenvalue weighted by Crippen LogP contribution is 2.55. The molecule has 0 aromatic carbocycles. The van der Waals surface area contributed by atoms with Crippen molar-refractivity contribution in [2.75, 3.05) is 0 Å². The fourth-order valence-corrected chi connectivity index (χ4v) is 1.92. The van der Waals surface area contributed by atoms with Crippen LogP contribution in [0, 0.1) is 17.8 Å². The van der Waals surface area contributed by atoms with Crippen LogP contribution < -0.4 is 0 Å². The van der Waals surface area contributed by atoms with E-state index in [1.807, 2.05) is 0 Å². The number of carbonyl (C=O) groups is 1. The summed E-state index contributed by atoms with van der Waals surface area (Å²) in [6.07, 6.45) is -26.6. The van der Waals surface area contributed by atoms with Gasteiger partial charge in [-0.2, -0.15) is 52.7 Å². The second kappa shape index (κ2) is 6.35.